The van der Waals surface area contributed by atoms with Crippen LogP contribution >= 0.6 is 0 Å². The van der Waals surface area contributed by atoms with E-state index in [1.54, 1.807) is 37.3 Å². The van der Waals surface area contributed by atoms with E-state index in [0.29, 0.717) is 22.4 Å². The van der Waals surface area contributed by atoms with Crippen LogP contribution in [0, 0.1) is 0 Å². The average molecular weight is 504 g/mol. The van der Waals surface area contributed by atoms with Crippen LogP contribution in [0.1, 0.15) is 24.5 Å². The Hall–Kier alpha value is -3.70. The van der Waals surface area contributed by atoms with Crippen molar-refractivity contribution >= 4 is 33.1 Å². The zero-order chi connectivity index (χ0) is 25.4. The van der Waals surface area contributed by atoms with Crippen LogP contribution in [0.25, 0.3) is 11.1 Å². The Balaban J connectivity index is 1.81. The van der Waals surface area contributed by atoms with Crippen LogP contribution < -0.4 is 10.1 Å². The van der Waals surface area contributed by atoms with Crippen molar-refractivity contribution < 1.29 is 35.7 Å². The van der Waals surface area contributed by atoms with Gasteiger partial charge in [-0.3, -0.25) is 9.35 Å². The fourth-order valence-corrected chi connectivity index (χ4v) is 4.20. The molecule has 1 amide bonds. The number of nitrogens with one attached hydrogen (secondary N) is 1. The molecule has 182 valence electrons. The Morgan fingerprint density at radius 3 is 2.34 bits per heavy atom. The summed E-state index contributed by atoms with van der Waals surface area (Å²) in [5.74, 6) is -0.938. The first-order valence-electron chi connectivity index (χ1n) is 10.4. The average Bonchev–Trinajstić information content (AvgIpc) is 2.95. The molecule has 0 unspecified atom stereocenters. The predicted molar refractivity (Wildman–Crippen MR) is 124 cm³/mol. The second-order valence-electron chi connectivity index (χ2n) is 7.66. The van der Waals surface area contributed by atoms with Gasteiger partial charge in [-0.05, 0) is 47.9 Å². The molecule has 0 atom stereocenters. The standard InChI is InChI=1S/C24H19F3N2O5S/c1-2-34-22-12-21-20(11-18(22)24(25,26)27)29-23(30)13-19(28-21)16-7-3-5-14(9-16)15-6-4-8-17(10-15)35(31,32)33/h3-12H,2,13H2,1H3,(H,29,30)(H,31,32,33). The number of carbonyl (C=O) groups excluding carboxylic acids is 1. The Kier molecular flexibility index (Phi) is 6.39. The number of nitrogens with zero attached hydrogens (tertiary/aromatic N) is 1. The Labute approximate surface area is 199 Å². The number of hydrogen-bond acceptors (Lipinski definition) is 5. The van der Waals surface area contributed by atoms with Gasteiger partial charge >= 0.3 is 6.18 Å². The summed E-state index contributed by atoms with van der Waals surface area (Å²) >= 11 is 0. The molecule has 0 aromatic heterocycles. The number of anilines is 1. The minimum Gasteiger partial charge on any atom is -0.493 e. The molecule has 35 heavy (non-hydrogen) atoms. The molecule has 0 saturated heterocycles. The maximum Gasteiger partial charge on any atom is 0.420 e. The maximum atomic E-state index is 13.5. The van der Waals surface area contributed by atoms with Gasteiger partial charge in [-0.2, -0.15) is 21.6 Å². The van der Waals surface area contributed by atoms with Gasteiger partial charge in [-0.1, -0.05) is 30.3 Å². The van der Waals surface area contributed by atoms with Crippen molar-refractivity contribution in [2.24, 2.45) is 4.99 Å². The molecule has 0 spiro atoms. The summed E-state index contributed by atoms with van der Waals surface area (Å²) in [6, 6.07) is 14.4. The van der Waals surface area contributed by atoms with Crippen molar-refractivity contribution in [2.45, 2.75) is 24.4 Å². The number of fused-ring (bicyclic) bond motifs is 1. The SMILES string of the molecule is CCOc1cc2c(cc1C(F)(F)F)NC(=O)CC(c1cccc(-c3cccc(S(=O)(=O)O)c3)c1)=N2. The van der Waals surface area contributed by atoms with E-state index >= 15 is 0 Å². The highest BCUT2D eigenvalue weighted by atomic mass is 32.2. The van der Waals surface area contributed by atoms with Crippen LogP contribution in [0.2, 0.25) is 0 Å². The molecule has 0 saturated carbocycles. The zero-order valence-electron chi connectivity index (χ0n) is 18.3. The molecule has 0 bridgehead atoms. The summed E-state index contributed by atoms with van der Waals surface area (Å²) < 4.78 is 78.0. The summed E-state index contributed by atoms with van der Waals surface area (Å²) in [6.45, 7) is 1.57. The van der Waals surface area contributed by atoms with Crippen LogP contribution in [0.5, 0.6) is 5.75 Å². The van der Waals surface area contributed by atoms with E-state index < -0.39 is 33.5 Å². The van der Waals surface area contributed by atoms with Crippen LogP contribution in [0.15, 0.2) is 70.6 Å². The first-order chi connectivity index (χ1) is 16.5. The van der Waals surface area contributed by atoms with Crippen molar-refractivity contribution in [1.29, 1.82) is 0 Å². The molecule has 2 N–H and O–H groups in total. The number of aliphatic imine (C=N–C) groups is 1. The predicted octanol–water partition coefficient (Wildman–Crippen LogP) is 5.48. The highest BCUT2D eigenvalue weighted by molar-refractivity contribution is 7.85. The minimum atomic E-state index is -4.69. The summed E-state index contributed by atoms with van der Waals surface area (Å²) in [5, 5.41) is 2.47. The second kappa shape index (κ2) is 9.16. The fourth-order valence-electron chi connectivity index (χ4n) is 3.67. The van der Waals surface area contributed by atoms with Gasteiger partial charge in [0, 0.05) is 6.07 Å². The summed E-state index contributed by atoms with van der Waals surface area (Å²) in [5.41, 5.74) is 0.908. The number of amides is 1. The molecule has 3 aromatic carbocycles. The highest BCUT2D eigenvalue weighted by Crippen LogP contribution is 2.43. The number of carbonyl (C=O) groups is 1. The molecule has 0 radical (unpaired) electrons. The molecule has 7 nitrogen and oxygen atoms in total. The quantitative estimate of drug-likeness (QED) is 0.448. The Morgan fingerprint density at radius 1 is 1.03 bits per heavy atom. The lowest BCUT2D eigenvalue weighted by Gasteiger charge is -2.16. The Bertz CT molecular complexity index is 1450. The molecule has 3 aromatic rings. The van der Waals surface area contributed by atoms with E-state index in [4.69, 9.17) is 4.74 Å². The van der Waals surface area contributed by atoms with Gasteiger partial charge in [0.25, 0.3) is 10.1 Å². The number of alkyl halides is 3. The van der Waals surface area contributed by atoms with Crippen molar-refractivity contribution in [3.63, 3.8) is 0 Å². The molecule has 4 rings (SSSR count). The monoisotopic (exact) mass is 504 g/mol. The molecule has 1 aliphatic heterocycles. The van der Waals surface area contributed by atoms with Gasteiger partial charge in [0.2, 0.25) is 5.91 Å². The second-order valence-corrected chi connectivity index (χ2v) is 9.08. The number of rotatable bonds is 5. The van der Waals surface area contributed by atoms with E-state index in [2.05, 4.69) is 10.3 Å². The zero-order valence-corrected chi connectivity index (χ0v) is 19.1. The lowest BCUT2D eigenvalue weighted by atomic mass is 9.99. The molecule has 0 fully saturated rings. The third kappa shape index (κ3) is 5.36. The lowest BCUT2D eigenvalue weighted by Crippen LogP contribution is -2.15. The van der Waals surface area contributed by atoms with Crippen molar-refractivity contribution in [3.05, 3.63) is 71.8 Å². The molecule has 0 aliphatic carbocycles. The van der Waals surface area contributed by atoms with Gasteiger partial charge in [0.1, 0.15) is 5.75 Å². The first kappa shape index (κ1) is 24.4. The number of halogens is 3. The van der Waals surface area contributed by atoms with E-state index in [9.17, 15) is 30.9 Å². The van der Waals surface area contributed by atoms with Crippen molar-refractivity contribution in [1.82, 2.24) is 0 Å². The van der Waals surface area contributed by atoms with Crippen molar-refractivity contribution in [3.8, 4) is 16.9 Å². The maximum absolute atomic E-state index is 13.5. The first-order valence-corrected chi connectivity index (χ1v) is 11.8. The molecule has 1 aliphatic rings. The highest BCUT2D eigenvalue weighted by Gasteiger charge is 2.36. The molecular weight excluding hydrogens is 485 g/mol. The fraction of sp³-hybridized carbons (Fsp3) is 0.167. The van der Waals surface area contributed by atoms with E-state index in [1.807, 2.05) is 0 Å². The third-order valence-corrected chi connectivity index (χ3v) is 6.07. The number of ether oxygens (including phenoxy) is 1. The third-order valence-electron chi connectivity index (χ3n) is 5.22. The van der Waals surface area contributed by atoms with E-state index in [-0.39, 0.29) is 29.3 Å². The summed E-state index contributed by atoms with van der Waals surface area (Å²) in [7, 11) is -4.40. The Morgan fingerprint density at radius 2 is 1.69 bits per heavy atom. The van der Waals surface area contributed by atoms with Crippen molar-refractivity contribution in [2.75, 3.05) is 11.9 Å². The smallest absolute Gasteiger partial charge is 0.420 e. The largest absolute Gasteiger partial charge is 0.493 e. The minimum absolute atomic E-state index is 0.00939. The summed E-state index contributed by atoms with van der Waals surface area (Å²) in [4.78, 5) is 16.7. The van der Waals surface area contributed by atoms with Gasteiger partial charge in [-0.15, -0.1) is 0 Å². The van der Waals surface area contributed by atoms with E-state index in [0.717, 1.165) is 12.1 Å². The number of hydrogen-bond donors (Lipinski definition) is 2. The van der Waals surface area contributed by atoms with Crippen LogP contribution in [0.3, 0.4) is 0 Å². The van der Waals surface area contributed by atoms with Crippen LogP contribution in [-0.4, -0.2) is 31.2 Å². The topological polar surface area (TPSA) is 105 Å². The summed E-state index contributed by atoms with van der Waals surface area (Å²) in [6.07, 6.45) is -4.89. The number of benzene rings is 3. The van der Waals surface area contributed by atoms with Crippen LogP contribution in [-0.2, 0) is 21.1 Å². The lowest BCUT2D eigenvalue weighted by molar-refractivity contribution is -0.138. The molecule has 11 heteroatoms. The van der Waals surface area contributed by atoms with Gasteiger partial charge in [0.05, 0.1) is 40.6 Å². The van der Waals surface area contributed by atoms with Crippen LogP contribution in [0.4, 0.5) is 24.5 Å². The molecular formula is C24H19F3N2O5S. The molecule has 1 heterocycles. The normalized spacial score (nSPS) is 14.0. The van der Waals surface area contributed by atoms with Gasteiger partial charge in [0.15, 0.2) is 0 Å². The van der Waals surface area contributed by atoms with E-state index in [1.165, 1.54) is 18.2 Å². The van der Waals surface area contributed by atoms with Gasteiger partial charge in [-0.25, -0.2) is 4.99 Å². The van der Waals surface area contributed by atoms with Gasteiger partial charge < -0.3 is 10.1 Å².